The van der Waals surface area contributed by atoms with Crippen molar-refractivity contribution in [3.8, 4) is 28.2 Å². The van der Waals surface area contributed by atoms with E-state index in [1.807, 2.05) is 71.4 Å². The SMILES string of the molecule is Clc1nc(-n2cnc(-c3ccccc3)c2)c2ccccc2c1-c1ccccc1. The van der Waals surface area contributed by atoms with Crippen molar-refractivity contribution in [2.24, 2.45) is 0 Å². The van der Waals surface area contributed by atoms with Gasteiger partial charge in [-0.05, 0) is 10.9 Å². The van der Waals surface area contributed by atoms with Gasteiger partial charge in [-0.2, -0.15) is 0 Å². The molecule has 0 spiro atoms. The van der Waals surface area contributed by atoms with Gasteiger partial charge in [0.2, 0.25) is 0 Å². The molecule has 0 aliphatic carbocycles. The molecule has 0 saturated heterocycles. The van der Waals surface area contributed by atoms with Crippen LogP contribution in [-0.2, 0) is 0 Å². The minimum atomic E-state index is 0.481. The molecule has 0 saturated carbocycles. The van der Waals surface area contributed by atoms with E-state index in [-0.39, 0.29) is 0 Å². The highest BCUT2D eigenvalue weighted by Crippen LogP contribution is 2.36. The van der Waals surface area contributed by atoms with Crippen LogP contribution in [0, 0.1) is 0 Å². The third kappa shape index (κ3) is 2.86. The zero-order valence-electron chi connectivity index (χ0n) is 15.0. The van der Waals surface area contributed by atoms with Crippen molar-refractivity contribution < 1.29 is 0 Å². The lowest BCUT2D eigenvalue weighted by molar-refractivity contribution is 1.01. The summed E-state index contributed by atoms with van der Waals surface area (Å²) in [6.45, 7) is 0. The normalized spacial score (nSPS) is 11.0. The molecule has 2 heterocycles. The molecule has 3 aromatic carbocycles. The second kappa shape index (κ2) is 6.95. The van der Waals surface area contributed by atoms with Crippen LogP contribution in [0.1, 0.15) is 0 Å². The van der Waals surface area contributed by atoms with Gasteiger partial charge >= 0.3 is 0 Å². The molecule has 0 fully saturated rings. The molecule has 28 heavy (non-hydrogen) atoms. The number of pyridine rings is 1. The standard InChI is InChI=1S/C24H16ClN3/c25-23-22(18-11-5-2-6-12-18)19-13-7-8-14-20(19)24(27-23)28-15-21(26-16-28)17-9-3-1-4-10-17/h1-16H. The van der Waals surface area contributed by atoms with E-state index < -0.39 is 0 Å². The molecule has 0 aliphatic heterocycles. The summed E-state index contributed by atoms with van der Waals surface area (Å²) < 4.78 is 1.94. The maximum absolute atomic E-state index is 6.67. The first-order chi connectivity index (χ1) is 13.8. The second-order valence-corrected chi connectivity index (χ2v) is 6.90. The first kappa shape index (κ1) is 16.7. The summed E-state index contributed by atoms with van der Waals surface area (Å²) in [6, 6.07) is 28.4. The molecule has 3 nitrogen and oxygen atoms in total. The van der Waals surface area contributed by atoms with E-state index in [0.717, 1.165) is 39.0 Å². The summed E-state index contributed by atoms with van der Waals surface area (Å²) in [4.78, 5) is 9.30. The van der Waals surface area contributed by atoms with Crippen LogP contribution in [0.3, 0.4) is 0 Å². The van der Waals surface area contributed by atoms with Gasteiger partial charge < -0.3 is 0 Å². The van der Waals surface area contributed by atoms with Crippen molar-refractivity contribution in [2.75, 3.05) is 0 Å². The van der Waals surface area contributed by atoms with E-state index in [1.54, 1.807) is 6.33 Å². The lowest BCUT2D eigenvalue weighted by Crippen LogP contribution is -1.98. The van der Waals surface area contributed by atoms with Crippen LogP contribution in [0.15, 0.2) is 97.5 Å². The number of rotatable bonds is 3. The molecule has 0 aliphatic rings. The van der Waals surface area contributed by atoms with E-state index in [1.165, 1.54) is 0 Å². The highest BCUT2D eigenvalue weighted by Gasteiger charge is 2.15. The third-order valence-corrected chi connectivity index (χ3v) is 5.08. The molecule has 4 heteroatoms. The Bertz CT molecular complexity index is 1260. The Kier molecular flexibility index (Phi) is 4.15. The predicted octanol–water partition coefficient (Wildman–Crippen LogP) is 6.41. The topological polar surface area (TPSA) is 30.7 Å². The van der Waals surface area contributed by atoms with Gasteiger partial charge in [0, 0.05) is 22.7 Å². The summed E-state index contributed by atoms with van der Waals surface area (Å²) in [5, 5.41) is 2.58. The monoisotopic (exact) mass is 381 g/mol. The zero-order chi connectivity index (χ0) is 18.9. The molecular formula is C24H16ClN3. The molecule has 2 aromatic heterocycles. The van der Waals surface area contributed by atoms with Gasteiger partial charge in [-0.15, -0.1) is 0 Å². The van der Waals surface area contributed by atoms with Crippen LogP contribution < -0.4 is 0 Å². The van der Waals surface area contributed by atoms with Crippen molar-refractivity contribution in [2.45, 2.75) is 0 Å². The van der Waals surface area contributed by atoms with Crippen molar-refractivity contribution in [1.82, 2.24) is 14.5 Å². The second-order valence-electron chi connectivity index (χ2n) is 6.55. The fourth-order valence-electron chi connectivity index (χ4n) is 3.49. The van der Waals surface area contributed by atoms with Crippen LogP contribution in [0.4, 0.5) is 0 Å². The summed E-state index contributed by atoms with van der Waals surface area (Å²) >= 11 is 6.67. The molecule has 134 valence electrons. The lowest BCUT2D eigenvalue weighted by atomic mass is 10.0. The number of halogens is 1. The Labute approximate surface area is 167 Å². The molecule has 5 rings (SSSR count). The van der Waals surface area contributed by atoms with Crippen LogP contribution in [0.2, 0.25) is 5.15 Å². The fourth-order valence-corrected chi connectivity index (χ4v) is 3.78. The predicted molar refractivity (Wildman–Crippen MR) is 115 cm³/mol. The summed E-state index contributed by atoms with van der Waals surface area (Å²) in [5.74, 6) is 0.773. The third-order valence-electron chi connectivity index (χ3n) is 4.81. The van der Waals surface area contributed by atoms with Crippen LogP contribution >= 0.6 is 11.6 Å². The molecule has 5 aromatic rings. The number of hydrogen-bond acceptors (Lipinski definition) is 2. The van der Waals surface area contributed by atoms with Gasteiger partial charge in [0.25, 0.3) is 0 Å². The molecule has 0 atom stereocenters. The zero-order valence-corrected chi connectivity index (χ0v) is 15.7. The highest BCUT2D eigenvalue weighted by molar-refractivity contribution is 6.34. The number of hydrogen-bond donors (Lipinski definition) is 0. The summed E-state index contributed by atoms with van der Waals surface area (Å²) in [6.07, 6.45) is 3.78. The Balaban J connectivity index is 1.71. The van der Waals surface area contributed by atoms with Gasteiger partial charge in [-0.25, -0.2) is 9.97 Å². The van der Waals surface area contributed by atoms with Gasteiger partial charge in [-0.1, -0.05) is 96.5 Å². The van der Waals surface area contributed by atoms with E-state index >= 15 is 0 Å². The summed E-state index contributed by atoms with van der Waals surface area (Å²) in [7, 11) is 0. The fraction of sp³-hybridized carbons (Fsp3) is 0. The quantitative estimate of drug-likeness (QED) is 0.338. The van der Waals surface area contributed by atoms with E-state index in [2.05, 4.69) is 29.2 Å². The smallest absolute Gasteiger partial charge is 0.147 e. The molecule has 0 bridgehead atoms. The first-order valence-electron chi connectivity index (χ1n) is 9.05. The summed E-state index contributed by atoms with van der Waals surface area (Å²) in [5.41, 5.74) is 3.97. The van der Waals surface area contributed by atoms with Crippen molar-refractivity contribution in [3.63, 3.8) is 0 Å². The number of benzene rings is 3. The average molecular weight is 382 g/mol. The first-order valence-corrected chi connectivity index (χ1v) is 9.42. The van der Waals surface area contributed by atoms with E-state index in [0.29, 0.717) is 5.15 Å². The molecule has 0 unspecified atom stereocenters. The van der Waals surface area contributed by atoms with Crippen molar-refractivity contribution in [3.05, 3.63) is 103 Å². The Morgan fingerprint density at radius 2 is 1.29 bits per heavy atom. The minimum absolute atomic E-state index is 0.481. The van der Waals surface area contributed by atoms with Gasteiger partial charge in [0.05, 0.1) is 5.69 Å². The maximum Gasteiger partial charge on any atom is 0.147 e. The van der Waals surface area contributed by atoms with E-state index in [9.17, 15) is 0 Å². The number of fused-ring (bicyclic) bond motifs is 1. The van der Waals surface area contributed by atoms with Gasteiger partial charge in [0.1, 0.15) is 17.3 Å². The Morgan fingerprint density at radius 3 is 2.00 bits per heavy atom. The van der Waals surface area contributed by atoms with Gasteiger partial charge in [-0.3, -0.25) is 4.57 Å². The Morgan fingerprint density at radius 1 is 0.679 bits per heavy atom. The lowest BCUT2D eigenvalue weighted by Gasteiger charge is -2.13. The van der Waals surface area contributed by atoms with Crippen molar-refractivity contribution in [1.29, 1.82) is 0 Å². The van der Waals surface area contributed by atoms with E-state index in [4.69, 9.17) is 16.6 Å². The number of imidazole rings is 1. The van der Waals surface area contributed by atoms with Crippen LogP contribution in [-0.4, -0.2) is 14.5 Å². The highest BCUT2D eigenvalue weighted by atomic mass is 35.5. The van der Waals surface area contributed by atoms with Crippen LogP contribution in [0.5, 0.6) is 0 Å². The van der Waals surface area contributed by atoms with Crippen LogP contribution in [0.25, 0.3) is 39.0 Å². The Hall–Kier alpha value is -3.43. The maximum atomic E-state index is 6.67. The molecule has 0 N–H and O–H groups in total. The number of aromatic nitrogens is 3. The largest absolute Gasteiger partial charge is 0.289 e. The average Bonchev–Trinajstić information content (AvgIpc) is 3.24. The van der Waals surface area contributed by atoms with Gasteiger partial charge in [0.15, 0.2) is 0 Å². The number of nitrogens with zero attached hydrogens (tertiary/aromatic N) is 3. The minimum Gasteiger partial charge on any atom is -0.289 e. The molecule has 0 amide bonds. The molecular weight excluding hydrogens is 366 g/mol. The van der Waals surface area contributed by atoms with Crippen molar-refractivity contribution >= 4 is 22.4 Å². The molecule has 0 radical (unpaired) electrons.